The summed E-state index contributed by atoms with van der Waals surface area (Å²) in [6.45, 7) is 6.77. The smallest absolute Gasteiger partial charge is 0.331 e. The van der Waals surface area contributed by atoms with Crippen LogP contribution in [-0.4, -0.2) is 68.2 Å². The molecule has 126 valence electrons. The van der Waals surface area contributed by atoms with Crippen LogP contribution < -0.4 is 0 Å². The maximum Gasteiger partial charge on any atom is 0.331 e. The van der Waals surface area contributed by atoms with E-state index in [-0.39, 0.29) is 31.2 Å². The van der Waals surface area contributed by atoms with E-state index >= 15 is 0 Å². The minimum Gasteiger partial charge on any atom is -0.469 e. The molecule has 21 heavy (non-hydrogen) atoms. The van der Waals surface area contributed by atoms with Crippen LogP contribution in [0.1, 0.15) is 27.2 Å². The van der Waals surface area contributed by atoms with Crippen LogP contribution >= 0.6 is 7.60 Å². The van der Waals surface area contributed by atoms with E-state index in [0.29, 0.717) is 26.3 Å². The molecule has 7 nitrogen and oxygen atoms in total. The Morgan fingerprint density at radius 1 is 1.24 bits per heavy atom. The van der Waals surface area contributed by atoms with Crippen LogP contribution in [0.3, 0.4) is 0 Å². The number of hydrogen-bond donors (Lipinski definition) is 1. The van der Waals surface area contributed by atoms with Crippen molar-refractivity contribution in [3.63, 3.8) is 0 Å². The minimum atomic E-state index is -3.12. The largest absolute Gasteiger partial charge is 0.469 e. The molecule has 1 N–H and O–H groups in total. The first kappa shape index (κ1) is 20.5. The summed E-state index contributed by atoms with van der Waals surface area (Å²) >= 11 is 0. The summed E-state index contributed by atoms with van der Waals surface area (Å²) in [7, 11) is -1.78. The van der Waals surface area contributed by atoms with Gasteiger partial charge in [0.15, 0.2) is 0 Å². The Labute approximate surface area is 127 Å². The van der Waals surface area contributed by atoms with E-state index in [1.165, 1.54) is 7.11 Å². The average Bonchev–Trinajstić information content (AvgIpc) is 2.43. The third-order valence-corrected chi connectivity index (χ3v) is 5.06. The highest BCUT2D eigenvalue weighted by molar-refractivity contribution is 7.53. The number of hydrogen-bond acceptors (Lipinski definition) is 7. The summed E-state index contributed by atoms with van der Waals surface area (Å²) in [5.41, 5.74) is 0. The number of aliphatic hydroxyl groups is 1. The Kier molecular flexibility index (Phi) is 10.9. The van der Waals surface area contributed by atoms with Gasteiger partial charge in [0.25, 0.3) is 0 Å². The second-order valence-corrected chi connectivity index (χ2v) is 6.74. The molecule has 0 fully saturated rings. The molecule has 0 spiro atoms. The van der Waals surface area contributed by atoms with E-state index in [1.54, 1.807) is 13.8 Å². The molecular formula is C13H28NO6P. The Hall–Kier alpha value is -0.460. The van der Waals surface area contributed by atoms with Gasteiger partial charge in [-0.1, -0.05) is 0 Å². The normalized spacial score (nSPS) is 13.4. The van der Waals surface area contributed by atoms with Crippen molar-refractivity contribution >= 4 is 13.6 Å². The van der Waals surface area contributed by atoms with Crippen molar-refractivity contribution in [1.29, 1.82) is 0 Å². The molecule has 0 heterocycles. The maximum absolute atomic E-state index is 12.4. The quantitative estimate of drug-likeness (QED) is 0.430. The first-order valence-electron chi connectivity index (χ1n) is 7.22. The van der Waals surface area contributed by atoms with Crippen LogP contribution in [0.4, 0.5) is 0 Å². The molecule has 0 aromatic carbocycles. The Morgan fingerprint density at radius 2 is 1.81 bits per heavy atom. The third-order valence-electron chi connectivity index (χ3n) is 3.01. The van der Waals surface area contributed by atoms with Gasteiger partial charge in [0, 0.05) is 19.1 Å². The van der Waals surface area contributed by atoms with Crippen LogP contribution in [0.5, 0.6) is 0 Å². The van der Waals surface area contributed by atoms with Gasteiger partial charge in [0.1, 0.15) is 0 Å². The molecule has 0 amide bonds. The monoisotopic (exact) mass is 325 g/mol. The van der Waals surface area contributed by atoms with E-state index in [1.807, 2.05) is 11.8 Å². The van der Waals surface area contributed by atoms with Crippen molar-refractivity contribution in [2.75, 3.05) is 46.2 Å². The van der Waals surface area contributed by atoms with Crippen molar-refractivity contribution in [1.82, 2.24) is 4.90 Å². The zero-order chi connectivity index (χ0) is 16.3. The molecule has 0 saturated carbocycles. The number of carbonyl (C=O) groups excluding carboxylic acids is 1. The SMILES string of the molecule is CCOP(=O)(CCN(CCO)C(C)CC(=O)OC)OCC. The summed E-state index contributed by atoms with van der Waals surface area (Å²) in [4.78, 5) is 13.2. The molecule has 0 saturated heterocycles. The van der Waals surface area contributed by atoms with Crippen molar-refractivity contribution in [3.8, 4) is 0 Å². The van der Waals surface area contributed by atoms with Gasteiger partial charge >= 0.3 is 13.6 Å². The highest BCUT2D eigenvalue weighted by Crippen LogP contribution is 2.47. The van der Waals surface area contributed by atoms with Gasteiger partial charge in [-0.15, -0.1) is 0 Å². The first-order valence-corrected chi connectivity index (χ1v) is 8.95. The molecule has 1 atom stereocenters. The summed E-state index contributed by atoms with van der Waals surface area (Å²) < 4.78 is 27.5. The average molecular weight is 325 g/mol. The number of aliphatic hydroxyl groups excluding tert-OH is 1. The summed E-state index contributed by atoms with van der Waals surface area (Å²) in [5, 5.41) is 9.12. The molecule has 8 heteroatoms. The second kappa shape index (κ2) is 11.2. The fourth-order valence-corrected chi connectivity index (χ4v) is 3.57. The zero-order valence-corrected chi connectivity index (χ0v) is 14.3. The predicted molar refractivity (Wildman–Crippen MR) is 80.5 cm³/mol. The Balaban J connectivity index is 4.60. The van der Waals surface area contributed by atoms with Crippen molar-refractivity contribution in [2.24, 2.45) is 0 Å². The van der Waals surface area contributed by atoms with Crippen LogP contribution in [0.15, 0.2) is 0 Å². The summed E-state index contributed by atoms with van der Waals surface area (Å²) in [6.07, 6.45) is 0.435. The molecule has 0 aromatic rings. The van der Waals surface area contributed by atoms with Crippen LogP contribution in [0.2, 0.25) is 0 Å². The van der Waals surface area contributed by atoms with Gasteiger partial charge in [0.2, 0.25) is 0 Å². The number of rotatable bonds is 12. The van der Waals surface area contributed by atoms with Crippen LogP contribution in [0.25, 0.3) is 0 Å². The summed E-state index contributed by atoms with van der Waals surface area (Å²) in [6, 6.07) is -0.124. The molecular weight excluding hydrogens is 297 g/mol. The van der Waals surface area contributed by atoms with Gasteiger partial charge in [0.05, 0.1) is 39.5 Å². The maximum atomic E-state index is 12.4. The zero-order valence-electron chi connectivity index (χ0n) is 13.4. The molecule has 0 aliphatic heterocycles. The molecule has 0 rings (SSSR count). The lowest BCUT2D eigenvalue weighted by molar-refractivity contribution is -0.141. The number of methoxy groups -OCH3 is 1. The van der Waals surface area contributed by atoms with E-state index in [2.05, 4.69) is 4.74 Å². The van der Waals surface area contributed by atoms with Gasteiger partial charge < -0.3 is 18.9 Å². The molecule has 0 bridgehead atoms. The molecule has 0 aliphatic carbocycles. The van der Waals surface area contributed by atoms with E-state index in [0.717, 1.165) is 0 Å². The molecule has 0 aromatic heterocycles. The topological polar surface area (TPSA) is 85.3 Å². The summed E-state index contributed by atoms with van der Waals surface area (Å²) in [5.74, 6) is -0.316. The fraction of sp³-hybridized carbons (Fsp3) is 0.923. The van der Waals surface area contributed by atoms with Gasteiger partial charge in [-0.3, -0.25) is 14.3 Å². The molecule has 0 radical (unpaired) electrons. The van der Waals surface area contributed by atoms with Crippen molar-refractivity contribution in [3.05, 3.63) is 0 Å². The third kappa shape index (κ3) is 8.53. The minimum absolute atomic E-state index is 0.0426. The molecule has 0 aliphatic rings. The van der Waals surface area contributed by atoms with E-state index < -0.39 is 7.60 Å². The van der Waals surface area contributed by atoms with E-state index in [9.17, 15) is 9.36 Å². The van der Waals surface area contributed by atoms with Crippen molar-refractivity contribution in [2.45, 2.75) is 33.2 Å². The number of ether oxygens (including phenoxy) is 1. The Morgan fingerprint density at radius 3 is 2.24 bits per heavy atom. The highest BCUT2D eigenvalue weighted by atomic mass is 31.2. The first-order chi connectivity index (χ1) is 9.92. The highest BCUT2D eigenvalue weighted by Gasteiger charge is 2.26. The number of esters is 1. The Bertz CT molecular complexity index is 329. The lowest BCUT2D eigenvalue weighted by Crippen LogP contribution is -2.39. The van der Waals surface area contributed by atoms with Gasteiger partial charge in [-0.2, -0.15) is 0 Å². The molecule has 1 unspecified atom stereocenters. The second-order valence-electron chi connectivity index (χ2n) is 4.56. The fourth-order valence-electron chi connectivity index (χ4n) is 1.95. The predicted octanol–water partition coefficient (Wildman–Crippen LogP) is 1.50. The van der Waals surface area contributed by atoms with Crippen LogP contribution in [0, 0.1) is 0 Å². The van der Waals surface area contributed by atoms with Crippen LogP contribution in [-0.2, 0) is 23.1 Å². The van der Waals surface area contributed by atoms with Crippen molar-refractivity contribution < 1.29 is 28.3 Å². The lowest BCUT2D eigenvalue weighted by atomic mass is 10.2. The standard InChI is InChI=1S/C13H28NO6P/c1-5-19-21(17,20-6-2)10-8-14(7-9-15)12(3)11-13(16)18-4/h12,15H,5-11H2,1-4H3. The van der Waals surface area contributed by atoms with E-state index in [4.69, 9.17) is 14.2 Å². The number of nitrogens with zero attached hydrogens (tertiary/aromatic N) is 1. The lowest BCUT2D eigenvalue weighted by Gasteiger charge is -2.29. The number of carbonyl (C=O) groups is 1. The van der Waals surface area contributed by atoms with Gasteiger partial charge in [-0.25, -0.2) is 0 Å². The van der Waals surface area contributed by atoms with Gasteiger partial charge in [-0.05, 0) is 20.8 Å².